The Morgan fingerprint density at radius 1 is 1.31 bits per heavy atom. The van der Waals surface area contributed by atoms with Gasteiger partial charge < -0.3 is 4.74 Å². The monoisotopic (exact) mass is 250 g/mol. The summed E-state index contributed by atoms with van der Waals surface area (Å²) in [6.45, 7) is 0. The molecule has 0 aromatic heterocycles. The Labute approximate surface area is 94.8 Å². The van der Waals surface area contributed by atoms with E-state index >= 15 is 0 Å². The van der Waals surface area contributed by atoms with Crippen molar-refractivity contribution in [1.82, 2.24) is 0 Å². The first-order valence-corrected chi connectivity index (χ1v) is 5.19. The average Bonchev–Trinajstić information content (AvgIpc) is 2.25. The van der Waals surface area contributed by atoms with E-state index in [9.17, 15) is 18.0 Å². The summed E-state index contributed by atoms with van der Waals surface area (Å²) >= 11 is -0.387. The van der Waals surface area contributed by atoms with Crippen molar-refractivity contribution in [3.8, 4) is 0 Å². The molecule has 0 fully saturated rings. The molecule has 1 rings (SSSR count). The summed E-state index contributed by atoms with van der Waals surface area (Å²) in [4.78, 5) is 11.2. The number of carbonyl (C=O) groups is 1. The fourth-order valence-electron chi connectivity index (χ4n) is 1.12. The summed E-state index contributed by atoms with van der Waals surface area (Å²) < 4.78 is 41.1. The lowest BCUT2D eigenvalue weighted by molar-refractivity contribution is -0.140. The van der Waals surface area contributed by atoms with Gasteiger partial charge in [0.1, 0.15) is 5.25 Å². The van der Waals surface area contributed by atoms with Crippen molar-refractivity contribution in [3.63, 3.8) is 0 Å². The number of carbonyl (C=O) groups excluding carboxylic acids is 1. The summed E-state index contributed by atoms with van der Waals surface area (Å²) in [5, 5.41) is -1.37. The zero-order chi connectivity index (χ0) is 12.2. The van der Waals surface area contributed by atoms with Crippen molar-refractivity contribution in [2.45, 2.75) is 10.8 Å². The summed E-state index contributed by atoms with van der Waals surface area (Å²) in [5.74, 6) is -0.909. The second-order valence-electron chi connectivity index (χ2n) is 2.88. The van der Waals surface area contributed by atoms with Gasteiger partial charge in [-0.05, 0) is 17.3 Å². The third-order valence-corrected chi connectivity index (χ3v) is 2.74. The lowest BCUT2D eigenvalue weighted by Crippen LogP contribution is -2.16. The smallest absolute Gasteiger partial charge is 0.442 e. The Morgan fingerprint density at radius 3 is 2.31 bits per heavy atom. The van der Waals surface area contributed by atoms with Gasteiger partial charge in [0, 0.05) is 0 Å². The first kappa shape index (κ1) is 12.9. The largest absolute Gasteiger partial charge is 0.468 e. The molecule has 2 nitrogen and oxygen atoms in total. The highest BCUT2D eigenvalue weighted by molar-refractivity contribution is 8.01. The molecule has 0 aliphatic carbocycles. The van der Waals surface area contributed by atoms with Crippen LogP contribution in [-0.2, 0) is 9.53 Å². The molecule has 0 aliphatic heterocycles. The van der Waals surface area contributed by atoms with Crippen molar-refractivity contribution in [2.24, 2.45) is 0 Å². The van der Waals surface area contributed by atoms with Crippen LogP contribution in [-0.4, -0.2) is 18.6 Å². The number of esters is 1. The fourth-order valence-corrected chi connectivity index (χ4v) is 1.87. The highest BCUT2D eigenvalue weighted by Gasteiger charge is 2.37. The molecule has 0 heterocycles. The minimum atomic E-state index is -4.48. The second-order valence-corrected chi connectivity index (χ2v) is 4.05. The predicted molar refractivity (Wildman–Crippen MR) is 54.8 cm³/mol. The van der Waals surface area contributed by atoms with Crippen LogP contribution in [0.3, 0.4) is 0 Å². The molecular formula is C10H9F3O2S. The number of hydrogen-bond donors (Lipinski definition) is 0. The SMILES string of the molecule is COC(=O)C(SC(F)(F)F)c1ccccc1. The number of thioether (sulfide) groups is 1. The Balaban J connectivity index is 2.93. The van der Waals surface area contributed by atoms with Gasteiger partial charge in [-0.25, -0.2) is 0 Å². The van der Waals surface area contributed by atoms with Crippen LogP contribution in [0.2, 0.25) is 0 Å². The van der Waals surface area contributed by atoms with Crippen LogP contribution >= 0.6 is 11.8 Å². The minimum Gasteiger partial charge on any atom is -0.468 e. The van der Waals surface area contributed by atoms with E-state index in [1.807, 2.05) is 0 Å². The second kappa shape index (κ2) is 5.25. The van der Waals surface area contributed by atoms with Crippen molar-refractivity contribution < 1.29 is 22.7 Å². The Kier molecular flexibility index (Phi) is 4.23. The molecule has 0 saturated carbocycles. The molecule has 0 N–H and O–H groups in total. The molecule has 0 saturated heterocycles. The van der Waals surface area contributed by atoms with Crippen molar-refractivity contribution in [1.29, 1.82) is 0 Å². The Hall–Kier alpha value is -1.17. The van der Waals surface area contributed by atoms with Crippen LogP contribution in [0.15, 0.2) is 30.3 Å². The molecule has 0 spiro atoms. The lowest BCUT2D eigenvalue weighted by atomic mass is 10.1. The number of halogens is 3. The van der Waals surface area contributed by atoms with Gasteiger partial charge in [-0.2, -0.15) is 13.2 Å². The molecule has 0 bridgehead atoms. The average molecular weight is 250 g/mol. The van der Waals surface area contributed by atoms with Gasteiger partial charge in [0.25, 0.3) is 0 Å². The van der Waals surface area contributed by atoms with E-state index in [0.717, 1.165) is 7.11 Å². The van der Waals surface area contributed by atoms with Gasteiger partial charge in [-0.15, -0.1) is 0 Å². The molecule has 0 amide bonds. The highest BCUT2D eigenvalue weighted by atomic mass is 32.2. The maximum Gasteiger partial charge on any atom is 0.442 e. The molecule has 1 unspecified atom stereocenters. The maximum atomic E-state index is 12.2. The highest BCUT2D eigenvalue weighted by Crippen LogP contribution is 2.42. The fraction of sp³-hybridized carbons (Fsp3) is 0.300. The first-order valence-electron chi connectivity index (χ1n) is 4.31. The van der Waals surface area contributed by atoms with Crippen LogP contribution in [0, 0.1) is 0 Å². The number of rotatable bonds is 3. The molecule has 1 aromatic carbocycles. The number of benzene rings is 1. The zero-order valence-corrected chi connectivity index (χ0v) is 9.14. The van der Waals surface area contributed by atoms with Gasteiger partial charge in [0.2, 0.25) is 0 Å². The van der Waals surface area contributed by atoms with Gasteiger partial charge in [0.15, 0.2) is 0 Å². The molecule has 88 valence electrons. The number of hydrogen-bond acceptors (Lipinski definition) is 3. The van der Waals surface area contributed by atoms with Crippen LogP contribution in [0.4, 0.5) is 13.2 Å². The third kappa shape index (κ3) is 3.77. The molecule has 0 radical (unpaired) electrons. The Morgan fingerprint density at radius 2 is 1.88 bits per heavy atom. The number of ether oxygens (including phenoxy) is 1. The van der Waals surface area contributed by atoms with Gasteiger partial charge in [0.05, 0.1) is 7.11 Å². The summed E-state index contributed by atoms with van der Waals surface area (Å²) in [5.41, 5.74) is -4.20. The van der Waals surface area contributed by atoms with Crippen LogP contribution < -0.4 is 0 Å². The van der Waals surface area contributed by atoms with Gasteiger partial charge >= 0.3 is 11.5 Å². The summed E-state index contributed by atoms with van der Waals surface area (Å²) in [6, 6.07) is 7.72. The van der Waals surface area contributed by atoms with E-state index < -0.39 is 16.7 Å². The zero-order valence-electron chi connectivity index (χ0n) is 8.32. The lowest BCUT2D eigenvalue weighted by Gasteiger charge is -2.15. The van der Waals surface area contributed by atoms with E-state index in [4.69, 9.17) is 0 Å². The minimum absolute atomic E-state index is 0.275. The predicted octanol–water partition coefficient (Wildman–Crippen LogP) is 3.15. The van der Waals surface area contributed by atoms with E-state index in [1.54, 1.807) is 18.2 Å². The molecule has 1 atom stereocenters. The number of methoxy groups -OCH3 is 1. The van der Waals surface area contributed by atoms with E-state index in [0.29, 0.717) is 0 Å². The van der Waals surface area contributed by atoms with Crippen LogP contribution in [0.5, 0.6) is 0 Å². The van der Waals surface area contributed by atoms with Crippen molar-refractivity contribution in [3.05, 3.63) is 35.9 Å². The van der Waals surface area contributed by atoms with Crippen molar-refractivity contribution >= 4 is 17.7 Å². The first-order chi connectivity index (χ1) is 7.44. The Bertz CT molecular complexity index is 351. The molecule has 16 heavy (non-hydrogen) atoms. The molecule has 6 heteroatoms. The summed E-state index contributed by atoms with van der Waals surface area (Å²) in [6.07, 6.45) is 0. The normalized spacial score (nSPS) is 13.2. The molecular weight excluding hydrogens is 241 g/mol. The van der Waals surface area contributed by atoms with E-state index in [2.05, 4.69) is 4.74 Å². The van der Waals surface area contributed by atoms with Gasteiger partial charge in [-0.3, -0.25) is 4.79 Å². The quantitative estimate of drug-likeness (QED) is 0.771. The topological polar surface area (TPSA) is 26.3 Å². The standard InChI is InChI=1S/C10H9F3O2S/c1-15-9(14)8(16-10(11,12)13)7-5-3-2-4-6-7/h2-6,8H,1H3. The summed E-state index contributed by atoms with van der Waals surface area (Å²) in [7, 11) is 1.06. The molecule has 0 aliphatic rings. The number of alkyl halides is 3. The van der Waals surface area contributed by atoms with Crippen LogP contribution in [0.1, 0.15) is 10.8 Å². The molecule has 1 aromatic rings. The van der Waals surface area contributed by atoms with Gasteiger partial charge in [-0.1, -0.05) is 30.3 Å². The van der Waals surface area contributed by atoms with Crippen molar-refractivity contribution in [2.75, 3.05) is 7.11 Å². The van der Waals surface area contributed by atoms with Crippen LogP contribution in [0.25, 0.3) is 0 Å². The van der Waals surface area contributed by atoms with E-state index in [1.165, 1.54) is 12.1 Å². The van der Waals surface area contributed by atoms with E-state index in [-0.39, 0.29) is 17.3 Å². The third-order valence-electron chi connectivity index (χ3n) is 1.77. The maximum absolute atomic E-state index is 12.2.